The largest absolute Gasteiger partial charge is 0.381 e. The minimum atomic E-state index is -4.10. The zero-order valence-electron chi connectivity index (χ0n) is 19.6. The van der Waals surface area contributed by atoms with Gasteiger partial charge in [-0.3, -0.25) is 10.0 Å². The summed E-state index contributed by atoms with van der Waals surface area (Å²) in [6.45, 7) is 0.218. The molecule has 2 heterocycles. The third-order valence-corrected chi connectivity index (χ3v) is 9.02. The molecule has 4 aromatic rings. The van der Waals surface area contributed by atoms with Crippen LogP contribution in [-0.4, -0.2) is 52.5 Å². The van der Waals surface area contributed by atoms with Crippen LogP contribution >= 0.6 is 12.4 Å². The number of hydroxylamine groups is 1. The van der Waals surface area contributed by atoms with Crippen molar-refractivity contribution in [2.45, 2.75) is 22.5 Å². The van der Waals surface area contributed by atoms with Gasteiger partial charge in [0.15, 0.2) is 14.6 Å². The fraction of sp³-hybridized carbons (Fsp3) is 0.192. The second-order valence-electron chi connectivity index (χ2n) is 8.54. The molecule has 0 bridgehead atoms. The molecule has 1 amide bonds. The van der Waals surface area contributed by atoms with Crippen LogP contribution in [0.15, 0.2) is 90.0 Å². The number of ether oxygens (including phenoxy) is 1. The number of aromatic nitrogens is 3. The molecular weight excluding hydrogens is 516 g/mol. The maximum atomic E-state index is 13.4. The Labute approximate surface area is 220 Å². The Balaban J connectivity index is 0.00000320. The number of carbonyl (C=O) groups is 1. The number of hydrogen-bond donors (Lipinski definition) is 2. The summed E-state index contributed by atoms with van der Waals surface area (Å²) < 4.78 is 31.9. The minimum absolute atomic E-state index is 0. The molecule has 1 fully saturated rings. The van der Waals surface area contributed by atoms with E-state index in [1.807, 2.05) is 54.6 Å². The number of hydrogen-bond acceptors (Lipinski definition) is 7. The van der Waals surface area contributed by atoms with Crippen molar-refractivity contribution >= 4 is 28.2 Å². The highest BCUT2D eigenvalue weighted by molar-refractivity contribution is 7.93. The van der Waals surface area contributed by atoms with Crippen LogP contribution in [0.25, 0.3) is 28.1 Å². The predicted molar refractivity (Wildman–Crippen MR) is 139 cm³/mol. The van der Waals surface area contributed by atoms with Gasteiger partial charge in [0.25, 0.3) is 5.91 Å². The fourth-order valence-electron chi connectivity index (χ4n) is 4.44. The molecule has 3 aromatic carbocycles. The van der Waals surface area contributed by atoms with Crippen LogP contribution in [0.5, 0.6) is 0 Å². The topological polar surface area (TPSA) is 123 Å². The zero-order chi connectivity index (χ0) is 25.2. The number of amides is 1. The van der Waals surface area contributed by atoms with Gasteiger partial charge in [0.1, 0.15) is 5.69 Å². The average Bonchev–Trinajstić information content (AvgIpc) is 3.44. The van der Waals surface area contributed by atoms with Gasteiger partial charge in [-0.25, -0.2) is 18.6 Å². The summed E-state index contributed by atoms with van der Waals surface area (Å²) in [6, 6.07) is 24.1. The zero-order valence-corrected chi connectivity index (χ0v) is 21.3. The second kappa shape index (κ2) is 10.8. The Hall–Kier alpha value is -3.57. The van der Waals surface area contributed by atoms with Gasteiger partial charge in [0, 0.05) is 18.8 Å². The third kappa shape index (κ3) is 4.88. The van der Waals surface area contributed by atoms with Crippen molar-refractivity contribution in [1.82, 2.24) is 20.5 Å². The van der Waals surface area contributed by atoms with Gasteiger partial charge < -0.3 is 4.74 Å². The first-order valence-corrected chi connectivity index (χ1v) is 12.9. The van der Waals surface area contributed by atoms with Crippen molar-refractivity contribution in [2.24, 2.45) is 0 Å². The smallest absolute Gasteiger partial charge is 0.265 e. The van der Waals surface area contributed by atoms with Crippen molar-refractivity contribution in [3.05, 3.63) is 85.1 Å². The van der Waals surface area contributed by atoms with Crippen LogP contribution < -0.4 is 5.48 Å². The number of sulfone groups is 1. The molecule has 0 spiro atoms. The van der Waals surface area contributed by atoms with Gasteiger partial charge in [-0.1, -0.05) is 53.7 Å². The number of halogens is 1. The molecular formula is C26H25ClN4O5S. The van der Waals surface area contributed by atoms with Gasteiger partial charge >= 0.3 is 0 Å². The fourth-order valence-corrected chi connectivity index (χ4v) is 6.37. The van der Waals surface area contributed by atoms with Crippen molar-refractivity contribution in [3.8, 4) is 28.1 Å². The SMILES string of the molecule is Cl.O=C(NO)C1(S(=O)(=O)c2ccc(-n3cc(-c4cccc(-c5ccccc5)c4)nn3)cc2)CCOCC1. The summed E-state index contributed by atoms with van der Waals surface area (Å²) in [6.07, 6.45) is 1.68. The van der Waals surface area contributed by atoms with Crippen LogP contribution in [0, 0.1) is 0 Å². The van der Waals surface area contributed by atoms with E-state index in [9.17, 15) is 18.4 Å². The quantitative estimate of drug-likeness (QED) is 0.281. The molecule has 192 valence electrons. The van der Waals surface area contributed by atoms with E-state index in [-0.39, 0.29) is 43.4 Å². The Kier molecular flexibility index (Phi) is 7.74. The monoisotopic (exact) mass is 540 g/mol. The van der Waals surface area contributed by atoms with E-state index in [0.717, 1.165) is 16.7 Å². The molecule has 0 radical (unpaired) electrons. The normalized spacial score (nSPS) is 14.9. The Morgan fingerprint density at radius 3 is 2.24 bits per heavy atom. The van der Waals surface area contributed by atoms with Gasteiger partial charge in [-0.15, -0.1) is 17.5 Å². The van der Waals surface area contributed by atoms with E-state index >= 15 is 0 Å². The van der Waals surface area contributed by atoms with Crippen molar-refractivity contribution in [3.63, 3.8) is 0 Å². The van der Waals surface area contributed by atoms with E-state index in [1.54, 1.807) is 23.0 Å². The second-order valence-corrected chi connectivity index (χ2v) is 10.8. The van der Waals surface area contributed by atoms with Crippen molar-refractivity contribution < 1.29 is 23.2 Å². The third-order valence-electron chi connectivity index (χ3n) is 6.50. The molecule has 37 heavy (non-hydrogen) atoms. The summed E-state index contributed by atoms with van der Waals surface area (Å²) in [4.78, 5) is 12.4. The lowest BCUT2D eigenvalue weighted by Crippen LogP contribution is -2.54. The molecule has 1 aliphatic rings. The van der Waals surface area contributed by atoms with E-state index in [0.29, 0.717) is 11.4 Å². The minimum Gasteiger partial charge on any atom is -0.381 e. The summed E-state index contributed by atoms with van der Waals surface area (Å²) in [7, 11) is -4.10. The maximum Gasteiger partial charge on any atom is 0.265 e. The number of carbonyl (C=O) groups excluding carboxylic acids is 1. The lowest BCUT2D eigenvalue weighted by Gasteiger charge is -2.34. The first-order valence-electron chi connectivity index (χ1n) is 11.4. The summed E-state index contributed by atoms with van der Waals surface area (Å²) in [5, 5.41) is 17.7. The van der Waals surface area contributed by atoms with Gasteiger partial charge in [-0.2, -0.15) is 0 Å². The van der Waals surface area contributed by atoms with E-state index in [2.05, 4.69) is 10.3 Å². The van der Waals surface area contributed by atoms with Crippen molar-refractivity contribution in [2.75, 3.05) is 13.2 Å². The first-order chi connectivity index (χ1) is 17.4. The molecule has 9 nitrogen and oxygen atoms in total. The maximum absolute atomic E-state index is 13.4. The van der Waals surface area contributed by atoms with Crippen molar-refractivity contribution in [1.29, 1.82) is 0 Å². The van der Waals surface area contributed by atoms with E-state index in [1.165, 1.54) is 17.6 Å². The van der Waals surface area contributed by atoms with Crippen LogP contribution in [0.3, 0.4) is 0 Å². The van der Waals surface area contributed by atoms with Crippen LogP contribution in [-0.2, 0) is 19.4 Å². The van der Waals surface area contributed by atoms with Crippen LogP contribution in [0.4, 0.5) is 0 Å². The lowest BCUT2D eigenvalue weighted by atomic mass is 9.98. The highest BCUT2D eigenvalue weighted by atomic mass is 35.5. The Bertz CT molecular complexity index is 1480. The molecule has 0 unspecified atom stereocenters. The average molecular weight is 541 g/mol. The van der Waals surface area contributed by atoms with Gasteiger partial charge in [-0.05, 0) is 54.3 Å². The van der Waals surface area contributed by atoms with Gasteiger partial charge in [0.05, 0.1) is 16.8 Å². The molecule has 0 atom stereocenters. The number of nitrogens with zero attached hydrogens (tertiary/aromatic N) is 3. The van der Waals surface area contributed by atoms with Gasteiger partial charge in [0.2, 0.25) is 0 Å². The number of nitrogens with one attached hydrogen (secondary N) is 1. The van der Waals surface area contributed by atoms with E-state index in [4.69, 9.17) is 4.74 Å². The number of rotatable bonds is 6. The molecule has 1 aromatic heterocycles. The molecule has 5 rings (SSSR count). The highest BCUT2D eigenvalue weighted by Gasteiger charge is 2.52. The number of benzene rings is 3. The molecule has 2 N–H and O–H groups in total. The van der Waals surface area contributed by atoms with Crippen LogP contribution in [0.1, 0.15) is 12.8 Å². The molecule has 1 saturated heterocycles. The van der Waals surface area contributed by atoms with E-state index < -0.39 is 20.5 Å². The summed E-state index contributed by atoms with van der Waals surface area (Å²) in [5.41, 5.74) is 5.87. The Morgan fingerprint density at radius 2 is 1.57 bits per heavy atom. The summed E-state index contributed by atoms with van der Waals surface area (Å²) in [5.74, 6) is -0.950. The molecule has 0 aliphatic carbocycles. The summed E-state index contributed by atoms with van der Waals surface area (Å²) >= 11 is 0. The first kappa shape index (κ1) is 26.5. The standard InChI is InChI=1S/C26H24N4O5S.ClH/c31-25(28-32)26(13-15-35-16-14-26)36(33,34)23-11-9-22(10-12-23)30-18-24(27-29-30)21-8-4-7-20(17-21)19-5-2-1-3-6-19;/h1-12,17-18,32H,13-16H2,(H,28,31);1H. The predicted octanol–water partition coefficient (Wildman–Crippen LogP) is 3.85. The molecule has 0 saturated carbocycles. The molecule has 1 aliphatic heterocycles. The Morgan fingerprint density at radius 1 is 0.919 bits per heavy atom. The lowest BCUT2D eigenvalue weighted by molar-refractivity contribution is -0.134. The molecule has 11 heteroatoms. The highest BCUT2D eigenvalue weighted by Crippen LogP contribution is 2.35. The van der Waals surface area contributed by atoms with Crippen LogP contribution in [0.2, 0.25) is 0 Å².